The third kappa shape index (κ3) is 6.14. The molecule has 188 valence electrons. The summed E-state index contributed by atoms with van der Waals surface area (Å²) in [4.78, 5) is 26.2. The summed E-state index contributed by atoms with van der Waals surface area (Å²) in [5.74, 6) is -0.00801. The quantitative estimate of drug-likeness (QED) is 0.414. The number of rotatable bonds is 9. The molecule has 1 heterocycles. The van der Waals surface area contributed by atoms with E-state index in [0.717, 1.165) is 28.9 Å². The summed E-state index contributed by atoms with van der Waals surface area (Å²) in [6.07, 6.45) is 2.06. The van der Waals surface area contributed by atoms with E-state index in [1.807, 2.05) is 37.3 Å². The van der Waals surface area contributed by atoms with Crippen LogP contribution >= 0.6 is 0 Å². The van der Waals surface area contributed by atoms with Crippen LogP contribution in [0.2, 0.25) is 0 Å². The molecule has 1 aliphatic rings. The second kappa shape index (κ2) is 10.6. The lowest BCUT2D eigenvalue weighted by molar-refractivity contribution is -0.137. The van der Waals surface area contributed by atoms with Crippen molar-refractivity contribution in [3.05, 3.63) is 100 Å². The van der Waals surface area contributed by atoms with Gasteiger partial charge < -0.3 is 14.7 Å². The summed E-state index contributed by atoms with van der Waals surface area (Å²) in [5.41, 5.74) is 5.84. The normalized spacial score (nSPS) is 16.5. The topological polar surface area (TPSA) is 66.8 Å². The summed E-state index contributed by atoms with van der Waals surface area (Å²) in [7, 11) is 0. The Bertz CT molecular complexity index is 1250. The van der Waals surface area contributed by atoms with Gasteiger partial charge in [0, 0.05) is 24.9 Å². The molecule has 5 heteroatoms. The van der Waals surface area contributed by atoms with E-state index < -0.39 is 11.6 Å². The number of amides is 1. The van der Waals surface area contributed by atoms with E-state index in [2.05, 4.69) is 51.1 Å². The van der Waals surface area contributed by atoms with Crippen LogP contribution in [0.3, 0.4) is 0 Å². The summed E-state index contributed by atoms with van der Waals surface area (Å²) >= 11 is 0. The zero-order valence-corrected chi connectivity index (χ0v) is 21.6. The van der Waals surface area contributed by atoms with Crippen LogP contribution in [-0.2, 0) is 24.1 Å². The van der Waals surface area contributed by atoms with Gasteiger partial charge in [0.2, 0.25) is 0 Å². The highest BCUT2D eigenvalue weighted by Crippen LogP contribution is 2.37. The summed E-state index contributed by atoms with van der Waals surface area (Å²) in [5, 5.41) is 9.42. The number of hydrogen-bond donors (Lipinski definition) is 1. The van der Waals surface area contributed by atoms with Crippen LogP contribution in [0.5, 0.6) is 5.75 Å². The van der Waals surface area contributed by atoms with E-state index in [9.17, 15) is 14.7 Å². The Hall–Kier alpha value is -3.60. The smallest absolute Gasteiger partial charge is 0.323 e. The van der Waals surface area contributed by atoms with Gasteiger partial charge in [0.15, 0.2) is 0 Å². The molecule has 0 fully saturated rings. The number of fused-ring (bicyclic) bond motifs is 1. The minimum Gasteiger partial charge on any atom is -0.487 e. The van der Waals surface area contributed by atoms with Crippen molar-refractivity contribution in [1.29, 1.82) is 0 Å². The van der Waals surface area contributed by atoms with Crippen LogP contribution in [-0.4, -0.2) is 40.6 Å². The van der Waals surface area contributed by atoms with Gasteiger partial charge in [0.25, 0.3) is 5.91 Å². The van der Waals surface area contributed by atoms with Crippen LogP contribution in [0.15, 0.2) is 66.7 Å². The molecule has 0 aromatic heterocycles. The van der Waals surface area contributed by atoms with E-state index in [4.69, 9.17) is 4.74 Å². The molecule has 3 aromatic carbocycles. The molecule has 1 aliphatic heterocycles. The molecule has 0 radical (unpaired) electrons. The molecule has 1 atom stereocenters. The first-order valence-electron chi connectivity index (χ1n) is 12.6. The lowest BCUT2D eigenvalue weighted by Crippen LogP contribution is -2.37. The number of ether oxygens (including phenoxy) is 1. The van der Waals surface area contributed by atoms with E-state index in [-0.39, 0.29) is 12.5 Å². The van der Waals surface area contributed by atoms with Gasteiger partial charge in [-0.05, 0) is 66.6 Å². The molecule has 3 aromatic rings. The molecule has 1 N–H and O–H groups in total. The molecule has 0 saturated carbocycles. The number of aryl methyl sites for hydroxylation is 1. The van der Waals surface area contributed by atoms with E-state index in [1.54, 1.807) is 6.07 Å². The highest BCUT2D eigenvalue weighted by atomic mass is 16.5. The van der Waals surface area contributed by atoms with Crippen molar-refractivity contribution in [3.63, 3.8) is 0 Å². The average molecular weight is 486 g/mol. The van der Waals surface area contributed by atoms with Gasteiger partial charge >= 0.3 is 5.97 Å². The molecule has 1 amide bonds. The Labute approximate surface area is 213 Å². The molecular weight excluding hydrogens is 450 g/mol. The van der Waals surface area contributed by atoms with Gasteiger partial charge in [-0.15, -0.1) is 0 Å². The molecular formula is C31H35NO4. The van der Waals surface area contributed by atoms with Gasteiger partial charge in [0.1, 0.15) is 17.9 Å². The van der Waals surface area contributed by atoms with Gasteiger partial charge in [-0.25, -0.2) is 0 Å². The highest BCUT2D eigenvalue weighted by Gasteiger charge is 2.35. The zero-order chi connectivity index (χ0) is 25.9. The molecule has 0 aliphatic carbocycles. The second-order valence-corrected chi connectivity index (χ2v) is 10.5. The van der Waals surface area contributed by atoms with Crippen LogP contribution < -0.4 is 4.74 Å². The van der Waals surface area contributed by atoms with Crippen molar-refractivity contribution in [2.45, 2.75) is 58.5 Å². The summed E-state index contributed by atoms with van der Waals surface area (Å²) in [6.45, 7) is 8.50. The molecule has 1 unspecified atom stereocenters. The largest absolute Gasteiger partial charge is 0.487 e. The third-order valence-electron chi connectivity index (χ3n) is 6.82. The Morgan fingerprint density at radius 2 is 1.78 bits per heavy atom. The maximum absolute atomic E-state index is 13.3. The Morgan fingerprint density at radius 3 is 2.44 bits per heavy atom. The predicted octanol–water partition coefficient (Wildman–Crippen LogP) is 5.82. The molecule has 0 spiro atoms. The van der Waals surface area contributed by atoms with E-state index >= 15 is 0 Å². The lowest BCUT2D eigenvalue weighted by Gasteiger charge is -2.24. The maximum atomic E-state index is 13.3. The van der Waals surface area contributed by atoms with Crippen LogP contribution in [0, 0.1) is 6.92 Å². The van der Waals surface area contributed by atoms with Gasteiger partial charge in [0.05, 0.1) is 0 Å². The second-order valence-electron chi connectivity index (χ2n) is 10.5. The minimum atomic E-state index is -1.02. The van der Waals surface area contributed by atoms with Crippen LogP contribution in [0.25, 0.3) is 0 Å². The van der Waals surface area contributed by atoms with Crippen molar-refractivity contribution in [1.82, 2.24) is 4.90 Å². The van der Waals surface area contributed by atoms with Gasteiger partial charge in [-0.2, -0.15) is 0 Å². The van der Waals surface area contributed by atoms with Crippen LogP contribution in [0.1, 0.15) is 64.9 Å². The first-order chi connectivity index (χ1) is 17.1. The number of carbonyl (C=O) groups excluding carboxylic acids is 1. The minimum absolute atomic E-state index is 0.272. The number of aliphatic carboxylic acids is 1. The maximum Gasteiger partial charge on any atom is 0.323 e. The number of hydrogen-bond acceptors (Lipinski definition) is 3. The fourth-order valence-corrected chi connectivity index (χ4v) is 4.94. The van der Waals surface area contributed by atoms with Gasteiger partial charge in [-0.1, -0.05) is 67.9 Å². The molecule has 0 bridgehead atoms. The van der Waals surface area contributed by atoms with Crippen molar-refractivity contribution in [2.24, 2.45) is 0 Å². The summed E-state index contributed by atoms with van der Waals surface area (Å²) < 4.78 is 6.33. The monoisotopic (exact) mass is 485 g/mol. The highest BCUT2D eigenvalue weighted by molar-refractivity contribution is 5.96. The number of benzene rings is 3. The Morgan fingerprint density at radius 1 is 1.03 bits per heavy atom. The number of carbonyl (C=O) groups is 2. The van der Waals surface area contributed by atoms with Gasteiger partial charge in [-0.3, -0.25) is 9.59 Å². The molecule has 0 saturated heterocycles. The Kier molecular flexibility index (Phi) is 7.48. The first-order valence-corrected chi connectivity index (χ1v) is 12.6. The first kappa shape index (κ1) is 25.5. The summed E-state index contributed by atoms with van der Waals surface area (Å²) in [6, 6.07) is 22.2. The number of carboxylic acid groups (broad SMARTS) is 1. The SMILES string of the molecule is Cc1cccc(CCN(CC(=O)O)C(=O)c2ccc3c(c2)CC(C)(Cc2ccc(C(C)C)cc2)O3)c1. The molecule has 4 rings (SSSR count). The predicted molar refractivity (Wildman–Crippen MR) is 142 cm³/mol. The lowest BCUT2D eigenvalue weighted by atomic mass is 9.90. The number of carboxylic acids is 1. The standard InChI is InChI=1S/C31H35NO4/c1-21(2)25-10-8-24(9-11-25)18-31(4)19-27-17-26(12-13-28(27)36-31)30(35)32(20-29(33)34)15-14-23-7-5-6-22(3)16-23/h5-13,16-17,21H,14-15,18-20H2,1-4H3,(H,33,34). The van der Waals surface area contributed by atoms with Crippen molar-refractivity contribution >= 4 is 11.9 Å². The van der Waals surface area contributed by atoms with Crippen molar-refractivity contribution in [2.75, 3.05) is 13.1 Å². The zero-order valence-electron chi connectivity index (χ0n) is 21.6. The average Bonchev–Trinajstić information content (AvgIpc) is 3.16. The van der Waals surface area contributed by atoms with Crippen LogP contribution in [0.4, 0.5) is 0 Å². The Balaban J connectivity index is 1.46. The number of nitrogens with zero attached hydrogens (tertiary/aromatic N) is 1. The van der Waals surface area contributed by atoms with E-state index in [1.165, 1.54) is 16.0 Å². The fourth-order valence-electron chi connectivity index (χ4n) is 4.94. The molecule has 5 nitrogen and oxygen atoms in total. The fraction of sp³-hybridized carbons (Fsp3) is 0.355. The van der Waals surface area contributed by atoms with Crippen molar-refractivity contribution < 1.29 is 19.4 Å². The third-order valence-corrected chi connectivity index (χ3v) is 6.82. The van der Waals surface area contributed by atoms with Crippen molar-refractivity contribution in [3.8, 4) is 5.75 Å². The van der Waals surface area contributed by atoms with E-state index in [0.29, 0.717) is 30.9 Å². The molecule has 36 heavy (non-hydrogen) atoms.